The van der Waals surface area contributed by atoms with E-state index in [0.717, 1.165) is 43.4 Å². The molecule has 1 N–H and O–H groups in total. The van der Waals surface area contributed by atoms with E-state index >= 15 is 0 Å². The fourth-order valence-electron chi connectivity index (χ4n) is 3.68. The molecule has 0 spiro atoms. The summed E-state index contributed by atoms with van der Waals surface area (Å²) in [6.07, 6.45) is 2.99. The number of nitrogens with zero attached hydrogens (tertiary/aromatic N) is 4. The highest BCUT2D eigenvalue weighted by atomic mass is 32.1. The number of rotatable bonds is 7. The van der Waals surface area contributed by atoms with Crippen molar-refractivity contribution in [1.82, 2.24) is 15.2 Å². The molecule has 3 aromatic rings. The number of aromatic nitrogens is 1. The number of non-ortho nitro benzene ring substituents is 1. The number of carbonyl (C=O) groups excluding carboxylic acids is 1. The number of aryl methyl sites for hydroxylation is 1. The molecule has 2 heterocycles. The van der Waals surface area contributed by atoms with Gasteiger partial charge < -0.3 is 10.2 Å². The molecule has 1 amide bonds. The van der Waals surface area contributed by atoms with Crippen molar-refractivity contribution < 1.29 is 9.72 Å². The van der Waals surface area contributed by atoms with Crippen LogP contribution in [0, 0.1) is 17.0 Å². The third-order valence-electron chi connectivity index (χ3n) is 5.49. The van der Waals surface area contributed by atoms with Crippen LogP contribution in [0.1, 0.15) is 11.1 Å². The molecule has 166 valence electrons. The van der Waals surface area contributed by atoms with Crippen LogP contribution in [-0.2, 0) is 4.79 Å². The van der Waals surface area contributed by atoms with Gasteiger partial charge in [-0.2, -0.15) is 0 Å². The lowest BCUT2D eigenvalue weighted by molar-refractivity contribution is -0.384. The van der Waals surface area contributed by atoms with Crippen molar-refractivity contribution in [2.75, 3.05) is 44.2 Å². The maximum Gasteiger partial charge on any atom is 0.270 e. The second-order valence-corrected chi connectivity index (χ2v) is 8.73. The van der Waals surface area contributed by atoms with E-state index in [1.165, 1.54) is 28.5 Å². The van der Waals surface area contributed by atoms with Gasteiger partial charge in [-0.05, 0) is 30.2 Å². The Labute approximate surface area is 190 Å². The number of benzene rings is 2. The normalized spacial score (nSPS) is 14.8. The van der Waals surface area contributed by atoms with Crippen LogP contribution >= 0.6 is 11.3 Å². The molecule has 1 fully saturated rings. The highest BCUT2D eigenvalue weighted by molar-refractivity contribution is 7.22. The second-order valence-electron chi connectivity index (χ2n) is 7.72. The molecular formula is C23H25N5O3S. The van der Waals surface area contributed by atoms with Gasteiger partial charge in [-0.1, -0.05) is 35.6 Å². The molecule has 32 heavy (non-hydrogen) atoms. The number of hydrogen-bond acceptors (Lipinski definition) is 7. The van der Waals surface area contributed by atoms with E-state index in [1.54, 1.807) is 29.5 Å². The average Bonchev–Trinajstić information content (AvgIpc) is 3.24. The lowest BCUT2D eigenvalue weighted by atomic mass is 10.2. The number of hydrogen-bond donors (Lipinski definition) is 1. The SMILES string of the molecule is Cc1cccc2sc(N3CCN(CCNC(=O)/C=C/c4cccc([N+](=O)[O-])c4)CC3)nc12. The summed E-state index contributed by atoms with van der Waals surface area (Å²) in [7, 11) is 0. The monoisotopic (exact) mass is 451 g/mol. The third-order valence-corrected chi connectivity index (χ3v) is 6.57. The summed E-state index contributed by atoms with van der Waals surface area (Å²) >= 11 is 1.74. The van der Waals surface area contributed by atoms with Gasteiger partial charge in [0.2, 0.25) is 5.91 Å². The van der Waals surface area contributed by atoms with Gasteiger partial charge in [0.15, 0.2) is 5.13 Å². The summed E-state index contributed by atoms with van der Waals surface area (Å²) in [5.41, 5.74) is 2.93. The summed E-state index contributed by atoms with van der Waals surface area (Å²) in [5, 5.41) is 14.8. The predicted molar refractivity (Wildman–Crippen MR) is 128 cm³/mol. The van der Waals surface area contributed by atoms with E-state index in [2.05, 4.69) is 40.2 Å². The van der Waals surface area contributed by atoms with Crippen molar-refractivity contribution in [2.24, 2.45) is 0 Å². The van der Waals surface area contributed by atoms with Crippen LogP contribution in [0.5, 0.6) is 0 Å². The average molecular weight is 452 g/mol. The first-order valence-corrected chi connectivity index (χ1v) is 11.3. The Kier molecular flexibility index (Phi) is 6.77. The number of para-hydroxylation sites is 1. The minimum atomic E-state index is -0.449. The van der Waals surface area contributed by atoms with Gasteiger partial charge in [0.05, 0.1) is 15.1 Å². The molecule has 1 saturated heterocycles. The van der Waals surface area contributed by atoms with E-state index in [4.69, 9.17) is 4.98 Å². The van der Waals surface area contributed by atoms with Crippen molar-refractivity contribution in [3.63, 3.8) is 0 Å². The molecule has 9 heteroatoms. The molecule has 0 unspecified atom stereocenters. The fourth-order valence-corrected chi connectivity index (χ4v) is 4.78. The minimum absolute atomic E-state index is 0.00711. The number of nitrogens with one attached hydrogen (secondary N) is 1. The molecule has 0 atom stereocenters. The molecule has 0 aliphatic carbocycles. The highest BCUT2D eigenvalue weighted by Crippen LogP contribution is 2.30. The topological polar surface area (TPSA) is 91.6 Å². The molecule has 0 saturated carbocycles. The smallest absolute Gasteiger partial charge is 0.270 e. The zero-order valence-corrected chi connectivity index (χ0v) is 18.7. The van der Waals surface area contributed by atoms with Crippen molar-refractivity contribution >= 4 is 44.4 Å². The molecule has 1 aliphatic heterocycles. The van der Waals surface area contributed by atoms with Gasteiger partial charge in [-0.25, -0.2) is 4.98 Å². The number of amides is 1. The van der Waals surface area contributed by atoms with Gasteiger partial charge in [0, 0.05) is 57.5 Å². The number of nitro benzene ring substituents is 1. The number of carbonyl (C=O) groups is 1. The fraction of sp³-hybridized carbons (Fsp3) is 0.304. The Morgan fingerprint density at radius 2 is 2.00 bits per heavy atom. The van der Waals surface area contributed by atoms with Crippen LogP contribution in [0.15, 0.2) is 48.5 Å². The lowest BCUT2D eigenvalue weighted by Gasteiger charge is -2.34. The van der Waals surface area contributed by atoms with E-state index < -0.39 is 4.92 Å². The molecular weight excluding hydrogens is 426 g/mol. The maximum atomic E-state index is 12.1. The van der Waals surface area contributed by atoms with E-state index in [0.29, 0.717) is 12.1 Å². The lowest BCUT2D eigenvalue weighted by Crippen LogP contribution is -2.48. The van der Waals surface area contributed by atoms with Crippen LogP contribution in [0.3, 0.4) is 0 Å². The van der Waals surface area contributed by atoms with Crippen LogP contribution in [0.4, 0.5) is 10.8 Å². The zero-order chi connectivity index (χ0) is 22.5. The number of anilines is 1. The number of nitro groups is 1. The van der Waals surface area contributed by atoms with Crippen LogP contribution in [0.2, 0.25) is 0 Å². The molecule has 1 aliphatic rings. The summed E-state index contributed by atoms with van der Waals surface area (Å²) in [4.78, 5) is 31.9. The zero-order valence-electron chi connectivity index (χ0n) is 17.9. The van der Waals surface area contributed by atoms with Crippen LogP contribution in [-0.4, -0.2) is 60.0 Å². The first kappa shape index (κ1) is 21.9. The quantitative estimate of drug-likeness (QED) is 0.336. The number of fused-ring (bicyclic) bond motifs is 1. The Bertz CT molecular complexity index is 1150. The van der Waals surface area contributed by atoms with Crippen molar-refractivity contribution in [3.05, 3.63) is 69.8 Å². The first-order chi connectivity index (χ1) is 15.5. The molecule has 8 nitrogen and oxygen atoms in total. The Balaban J connectivity index is 1.21. The molecule has 0 bridgehead atoms. The molecule has 4 rings (SSSR count). The van der Waals surface area contributed by atoms with Gasteiger partial charge in [0.1, 0.15) is 0 Å². The summed E-state index contributed by atoms with van der Waals surface area (Å²) < 4.78 is 1.23. The van der Waals surface area contributed by atoms with E-state index in [-0.39, 0.29) is 11.6 Å². The first-order valence-electron chi connectivity index (χ1n) is 10.5. The van der Waals surface area contributed by atoms with E-state index in [9.17, 15) is 14.9 Å². The van der Waals surface area contributed by atoms with Gasteiger partial charge >= 0.3 is 0 Å². The van der Waals surface area contributed by atoms with Gasteiger partial charge in [0.25, 0.3) is 5.69 Å². The largest absolute Gasteiger partial charge is 0.351 e. The molecule has 1 aromatic heterocycles. The maximum absolute atomic E-state index is 12.1. The van der Waals surface area contributed by atoms with E-state index in [1.807, 2.05) is 0 Å². The Morgan fingerprint density at radius 1 is 1.22 bits per heavy atom. The predicted octanol–water partition coefficient (Wildman–Crippen LogP) is 3.46. The highest BCUT2D eigenvalue weighted by Gasteiger charge is 2.20. The molecule has 0 radical (unpaired) electrons. The molecule has 2 aromatic carbocycles. The second kappa shape index (κ2) is 9.88. The van der Waals surface area contributed by atoms with Crippen LogP contribution < -0.4 is 10.2 Å². The summed E-state index contributed by atoms with van der Waals surface area (Å²) in [6, 6.07) is 12.5. The standard InChI is InChI=1S/C23H25N5O3S/c1-17-4-2-7-20-22(17)25-23(32-20)27-14-12-26(13-15-27)11-10-24-21(29)9-8-18-5-3-6-19(16-18)28(30)31/h2-9,16H,10-15H2,1H3,(H,24,29)/b9-8+. The van der Waals surface area contributed by atoms with Crippen molar-refractivity contribution in [2.45, 2.75) is 6.92 Å². The van der Waals surface area contributed by atoms with Gasteiger partial charge in [-0.3, -0.25) is 19.8 Å². The summed E-state index contributed by atoms with van der Waals surface area (Å²) in [5.74, 6) is -0.208. The minimum Gasteiger partial charge on any atom is -0.351 e. The van der Waals surface area contributed by atoms with Crippen molar-refractivity contribution in [3.8, 4) is 0 Å². The number of piperazine rings is 1. The number of thiazole rings is 1. The summed E-state index contributed by atoms with van der Waals surface area (Å²) in [6.45, 7) is 7.11. The Morgan fingerprint density at radius 3 is 2.75 bits per heavy atom. The van der Waals surface area contributed by atoms with Crippen LogP contribution in [0.25, 0.3) is 16.3 Å². The third kappa shape index (κ3) is 5.30. The van der Waals surface area contributed by atoms with Crippen molar-refractivity contribution in [1.29, 1.82) is 0 Å². The van der Waals surface area contributed by atoms with Gasteiger partial charge in [-0.15, -0.1) is 0 Å². The Hall–Kier alpha value is -3.30.